The number of hydrogen-bond acceptors (Lipinski definition) is 3. The zero-order valence-electron chi connectivity index (χ0n) is 7.92. The summed E-state index contributed by atoms with van der Waals surface area (Å²) in [4.78, 5) is 6.02. The monoisotopic (exact) mass is 212 g/mol. The number of aromatic nitrogens is 1. The van der Waals surface area contributed by atoms with Gasteiger partial charge in [-0.3, -0.25) is 0 Å². The highest BCUT2D eigenvalue weighted by Crippen LogP contribution is 2.28. The van der Waals surface area contributed by atoms with Crippen LogP contribution in [0.2, 0.25) is 0 Å². The van der Waals surface area contributed by atoms with E-state index in [0.717, 1.165) is 9.79 Å². The second-order valence-corrected chi connectivity index (χ2v) is 3.99. The molecule has 1 heterocycles. The Morgan fingerprint density at radius 3 is 2.60 bits per heavy atom. The van der Waals surface area contributed by atoms with Crippen LogP contribution in [0.15, 0.2) is 58.5 Å². The van der Waals surface area contributed by atoms with Gasteiger partial charge in [-0.25, -0.2) is 4.98 Å². The number of benzene rings is 1. The Kier molecular flexibility index (Phi) is 3.01. The summed E-state index contributed by atoms with van der Waals surface area (Å²) in [5.74, 6) is 0. The highest BCUT2D eigenvalue weighted by Gasteiger charge is 2.03. The van der Waals surface area contributed by atoms with Crippen LogP contribution in [0.4, 0.5) is 0 Å². The number of hydrogen-bond donors (Lipinski definition) is 0. The van der Waals surface area contributed by atoms with Crippen LogP contribution in [0.3, 0.4) is 0 Å². The van der Waals surface area contributed by atoms with Crippen molar-refractivity contribution in [2.24, 2.45) is 0 Å². The van der Waals surface area contributed by atoms with Gasteiger partial charge in [0.2, 0.25) is 0 Å². The molecule has 0 saturated carbocycles. The van der Waals surface area contributed by atoms with Crippen molar-refractivity contribution >= 4 is 11.8 Å². The standard InChI is InChI=1S/C12H8N2S/c13-9-11-12(7-4-8-14-11)15-10-5-2-1-3-6-10/h1-8H. The van der Waals surface area contributed by atoms with Gasteiger partial charge in [-0.1, -0.05) is 30.0 Å². The quantitative estimate of drug-likeness (QED) is 0.767. The molecule has 0 aliphatic rings. The molecule has 0 unspecified atom stereocenters. The molecule has 1 aromatic heterocycles. The molecule has 0 N–H and O–H groups in total. The van der Waals surface area contributed by atoms with Crippen molar-refractivity contribution in [1.29, 1.82) is 5.26 Å². The van der Waals surface area contributed by atoms with Gasteiger partial charge >= 0.3 is 0 Å². The van der Waals surface area contributed by atoms with Crippen molar-refractivity contribution in [3.63, 3.8) is 0 Å². The van der Waals surface area contributed by atoms with Gasteiger partial charge < -0.3 is 0 Å². The molecule has 15 heavy (non-hydrogen) atoms. The van der Waals surface area contributed by atoms with E-state index in [9.17, 15) is 0 Å². The highest BCUT2D eigenvalue weighted by molar-refractivity contribution is 7.99. The fourth-order valence-electron chi connectivity index (χ4n) is 1.17. The Labute approximate surface area is 92.6 Å². The molecule has 0 amide bonds. The van der Waals surface area contributed by atoms with E-state index in [-0.39, 0.29) is 0 Å². The maximum atomic E-state index is 8.87. The predicted octanol–water partition coefficient (Wildman–Crippen LogP) is 3.10. The molecule has 0 fully saturated rings. The van der Waals surface area contributed by atoms with Crippen LogP contribution in [0, 0.1) is 11.3 Å². The summed E-state index contributed by atoms with van der Waals surface area (Å²) >= 11 is 1.55. The first kappa shape index (κ1) is 9.75. The molecule has 1 aromatic carbocycles. The molecular weight excluding hydrogens is 204 g/mol. The average molecular weight is 212 g/mol. The van der Waals surface area contributed by atoms with Gasteiger partial charge in [-0.15, -0.1) is 0 Å². The van der Waals surface area contributed by atoms with Crippen LogP contribution in [0.1, 0.15) is 5.69 Å². The highest BCUT2D eigenvalue weighted by atomic mass is 32.2. The molecular formula is C12H8N2S. The lowest BCUT2D eigenvalue weighted by molar-refractivity contribution is 1.18. The van der Waals surface area contributed by atoms with Gasteiger partial charge in [0, 0.05) is 16.0 Å². The molecule has 0 saturated heterocycles. The van der Waals surface area contributed by atoms with Gasteiger partial charge in [0.1, 0.15) is 6.07 Å². The lowest BCUT2D eigenvalue weighted by Crippen LogP contribution is -1.84. The minimum absolute atomic E-state index is 0.478. The van der Waals surface area contributed by atoms with Crippen molar-refractivity contribution in [3.05, 3.63) is 54.4 Å². The van der Waals surface area contributed by atoms with E-state index in [1.807, 2.05) is 42.5 Å². The zero-order valence-corrected chi connectivity index (χ0v) is 8.74. The normalized spacial score (nSPS) is 9.53. The van der Waals surface area contributed by atoms with E-state index in [2.05, 4.69) is 11.1 Å². The van der Waals surface area contributed by atoms with Gasteiger partial charge in [-0.05, 0) is 24.3 Å². The molecule has 0 spiro atoms. The predicted molar refractivity (Wildman–Crippen MR) is 59.5 cm³/mol. The van der Waals surface area contributed by atoms with Crippen LogP contribution in [-0.4, -0.2) is 4.98 Å². The molecule has 72 valence electrons. The Hall–Kier alpha value is -1.79. The number of nitrogens with zero attached hydrogens (tertiary/aromatic N) is 2. The molecule has 0 radical (unpaired) electrons. The molecule has 2 nitrogen and oxygen atoms in total. The Bertz CT molecular complexity index is 488. The van der Waals surface area contributed by atoms with Gasteiger partial charge in [0.05, 0.1) is 0 Å². The summed E-state index contributed by atoms with van der Waals surface area (Å²) in [7, 11) is 0. The SMILES string of the molecule is N#Cc1ncccc1Sc1ccccc1. The van der Waals surface area contributed by atoms with E-state index < -0.39 is 0 Å². The molecule has 0 atom stereocenters. The fourth-order valence-corrected chi connectivity index (χ4v) is 2.06. The number of pyridine rings is 1. The average Bonchev–Trinajstić information content (AvgIpc) is 2.31. The van der Waals surface area contributed by atoms with E-state index >= 15 is 0 Å². The Balaban J connectivity index is 2.29. The summed E-state index contributed by atoms with van der Waals surface area (Å²) in [6.45, 7) is 0. The fraction of sp³-hybridized carbons (Fsp3) is 0. The largest absolute Gasteiger partial charge is 0.244 e. The van der Waals surface area contributed by atoms with Crippen LogP contribution in [0.5, 0.6) is 0 Å². The summed E-state index contributed by atoms with van der Waals surface area (Å²) in [5, 5.41) is 8.87. The van der Waals surface area contributed by atoms with Crippen LogP contribution < -0.4 is 0 Å². The molecule has 0 aliphatic carbocycles. The van der Waals surface area contributed by atoms with Crippen LogP contribution >= 0.6 is 11.8 Å². The smallest absolute Gasteiger partial charge is 0.154 e. The van der Waals surface area contributed by atoms with Crippen LogP contribution in [-0.2, 0) is 0 Å². The number of nitriles is 1. The first-order valence-electron chi connectivity index (χ1n) is 4.48. The zero-order chi connectivity index (χ0) is 10.5. The summed E-state index contributed by atoms with van der Waals surface area (Å²) < 4.78 is 0. The van der Waals surface area contributed by atoms with Gasteiger partial charge in [-0.2, -0.15) is 5.26 Å². The minimum atomic E-state index is 0.478. The second kappa shape index (κ2) is 4.63. The third-order valence-corrected chi connectivity index (χ3v) is 2.90. The topological polar surface area (TPSA) is 36.7 Å². The van der Waals surface area contributed by atoms with Crippen molar-refractivity contribution in [2.45, 2.75) is 9.79 Å². The Morgan fingerprint density at radius 2 is 1.87 bits per heavy atom. The lowest BCUT2D eigenvalue weighted by atomic mass is 10.4. The van der Waals surface area contributed by atoms with E-state index in [4.69, 9.17) is 5.26 Å². The third-order valence-electron chi connectivity index (χ3n) is 1.85. The third kappa shape index (κ3) is 2.36. The summed E-state index contributed by atoms with van der Waals surface area (Å²) in [6.07, 6.45) is 1.63. The van der Waals surface area contributed by atoms with Crippen LogP contribution in [0.25, 0.3) is 0 Å². The van der Waals surface area contributed by atoms with Gasteiger partial charge in [0.25, 0.3) is 0 Å². The van der Waals surface area contributed by atoms with Crippen molar-refractivity contribution in [1.82, 2.24) is 4.98 Å². The molecule has 3 heteroatoms. The maximum Gasteiger partial charge on any atom is 0.154 e. The minimum Gasteiger partial charge on any atom is -0.244 e. The second-order valence-electron chi connectivity index (χ2n) is 2.88. The van der Waals surface area contributed by atoms with Gasteiger partial charge in [0.15, 0.2) is 5.69 Å². The molecule has 2 aromatic rings. The Morgan fingerprint density at radius 1 is 1.07 bits per heavy atom. The van der Waals surface area contributed by atoms with Crippen molar-refractivity contribution in [2.75, 3.05) is 0 Å². The van der Waals surface area contributed by atoms with E-state index in [1.165, 1.54) is 0 Å². The van der Waals surface area contributed by atoms with Crippen molar-refractivity contribution in [3.8, 4) is 6.07 Å². The number of rotatable bonds is 2. The first-order valence-corrected chi connectivity index (χ1v) is 5.30. The first-order chi connectivity index (χ1) is 7.40. The van der Waals surface area contributed by atoms with E-state index in [0.29, 0.717) is 5.69 Å². The lowest BCUT2D eigenvalue weighted by Gasteiger charge is -2.01. The summed E-state index contributed by atoms with van der Waals surface area (Å²) in [6, 6.07) is 15.8. The molecule has 2 rings (SSSR count). The van der Waals surface area contributed by atoms with E-state index in [1.54, 1.807) is 18.0 Å². The maximum absolute atomic E-state index is 8.87. The van der Waals surface area contributed by atoms with Crippen molar-refractivity contribution < 1.29 is 0 Å². The molecule has 0 aliphatic heterocycles. The molecule has 0 bridgehead atoms. The summed E-state index contributed by atoms with van der Waals surface area (Å²) in [5.41, 5.74) is 0.478.